The van der Waals surface area contributed by atoms with Crippen LogP contribution in [0, 0.1) is 0 Å². The van der Waals surface area contributed by atoms with E-state index in [1.165, 1.54) is 0 Å². The predicted molar refractivity (Wildman–Crippen MR) is 66.2 cm³/mol. The molecule has 0 aromatic rings. The van der Waals surface area contributed by atoms with Crippen LogP contribution in [0.2, 0.25) is 0 Å². The van der Waals surface area contributed by atoms with Crippen LogP contribution in [0.4, 0.5) is 0 Å². The first-order chi connectivity index (χ1) is 6.89. The van der Waals surface area contributed by atoms with Crippen molar-refractivity contribution in [2.75, 3.05) is 26.7 Å². The zero-order valence-electron chi connectivity index (χ0n) is 11.0. The second kappa shape index (κ2) is 7.20. The Morgan fingerprint density at radius 2 is 2.00 bits per heavy atom. The maximum Gasteiger partial charge on any atom is 0.0740 e. The highest BCUT2D eigenvalue weighted by atomic mass is 16.3. The van der Waals surface area contributed by atoms with Gasteiger partial charge >= 0.3 is 0 Å². The summed E-state index contributed by atoms with van der Waals surface area (Å²) in [6, 6.07) is 0.615. The maximum atomic E-state index is 9.75. The summed E-state index contributed by atoms with van der Waals surface area (Å²) >= 11 is 0. The molecule has 0 aromatic carbocycles. The lowest BCUT2D eigenvalue weighted by molar-refractivity contribution is 0.0558. The molecule has 0 heterocycles. The van der Waals surface area contributed by atoms with Crippen LogP contribution < -0.4 is 5.32 Å². The number of rotatable bonds is 8. The second-order valence-corrected chi connectivity index (χ2v) is 4.96. The minimum absolute atomic E-state index is 0.552. The topological polar surface area (TPSA) is 35.5 Å². The predicted octanol–water partition coefficient (Wildman–Crippen LogP) is 1.47. The van der Waals surface area contributed by atoms with Crippen LogP contribution in [0.1, 0.15) is 40.5 Å². The zero-order valence-corrected chi connectivity index (χ0v) is 11.0. The molecular formula is C12H28N2O. The van der Waals surface area contributed by atoms with Crippen LogP contribution in [0.3, 0.4) is 0 Å². The van der Waals surface area contributed by atoms with Crippen molar-refractivity contribution >= 4 is 0 Å². The number of nitrogens with zero attached hydrogens (tertiary/aromatic N) is 1. The molecule has 3 heteroatoms. The van der Waals surface area contributed by atoms with Gasteiger partial charge in [0.2, 0.25) is 0 Å². The normalized spacial score (nSPS) is 16.0. The second-order valence-electron chi connectivity index (χ2n) is 4.96. The van der Waals surface area contributed by atoms with Crippen molar-refractivity contribution in [3.63, 3.8) is 0 Å². The Morgan fingerprint density at radius 1 is 1.40 bits per heavy atom. The van der Waals surface area contributed by atoms with Gasteiger partial charge in [0.25, 0.3) is 0 Å². The number of aliphatic hydroxyl groups is 1. The van der Waals surface area contributed by atoms with Gasteiger partial charge in [-0.25, -0.2) is 0 Å². The van der Waals surface area contributed by atoms with E-state index in [1.54, 1.807) is 0 Å². The molecule has 0 aliphatic heterocycles. The fraction of sp³-hybridized carbons (Fsp3) is 1.00. The molecule has 0 saturated carbocycles. The lowest BCUT2D eigenvalue weighted by Crippen LogP contribution is -2.38. The van der Waals surface area contributed by atoms with Crippen LogP contribution in [-0.4, -0.2) is 48.3 Å². The smallest absolute Gasteiger partial charge is 0.0740 e. The van der Waals surface area contributed by atoms with Gasteiger partial charge in [-0.2, -0.15) is 0 Å². The first-order valence-corrected chi connectivity index (χ1v) is 6.02. The lowest BCUT2D eigenvalue weighted by atomic mass is 10.0. The SMILES string of the molecule is CCC(C)(O)CNCCCN(C)C(C)C. The van der Waals surface area contributed by atoms with Gasteiger partial charge in [0, 0.05) is 12.6 Å². The van der Waals surface area contributed by atoms with Crippen molar-refractivity contribution in [2.45, 2.75) is 52.2 Å². The molecule has 0 spiro atoms. The molecule has 92 valence electrons. The summed E-state index contributed by atoms with van der Waals surface area (Å²) in [5, 5.41) is 13.0. The average molecular weight is 216 g/mol. The Kier molecular flexibility index (Phi) is 7.14. The van der Waals surface area contributed by atoms with Gasteiger partial charge in [-0.05, 0) is 53.8 Å². The van der Waals surface area contributed by atoms with Crippen LogP contribution in [0.5, 0.6) is 0 Å². The Morgan fingerprint density at radius 3 is 2.47 bits per heavy atom. The third-order valence-corrected chi connectivity index (χ3v) is 3.01. The minimum Gasteiger partial charge on any atom is -0.389 e. The molecule has 0 aliphatic carbocycles. The van der Waals surface area contributed by atoms with E-state index in [-0.39, 0.29) is 0 Å². The van der Waals surface area contributed by atoms with E-state index in [4.69, 9.17) is 0 Å². The van der Waals surface area contributed by atoms with Crippen molar-refractivity contribution in [1.29, 1.82) is 0 Å². The summed E-state index contributed by atoms with van der Waals surface area (Å²) in [7, 11) is 2.15. The number of nitrogens with one attached hydrogen (secondary N) is 1. The van der Waals surface area contributed by atoms with Gasteiger partial charge in [0.05, 0.1) is 5.60 Å². The average Bonchev–Trinajstić information content (AvgIpc) is 2.16. The molecule has 1 unspecified atom stereocenters. The van der Waals surface area contributed by atoms with Crippen molar-refractivity contribution < 1.29 is 5.11 Å². The maximum absolute atomic E-state index is 9.75. The summed E-state index contributed by atoms with van der Waals surface area (Å²) in [6.07, 6.45) is 1.93. The third kappa shape index (κ3) is 7.77. The van der Waals surface area contributed by atoms with Crippen molar-refractivity contribution in [3.8, 4) is 0 Å². The van der Waals surface area contributed by atoms with E-state index in [9.17, 15) is 5.11 Å². The molecule has 2 N–H and O–H groups in total. The first-order valence-electron chi connectivity index (χ1n) is 6.02. The Hall–Kier alpha value is -0.120. The van der Waals surface area contributed by atoms with E-state index in [0.717, 1.165) is 25.9 Å². The van der Waals surface area contributed by atoms with Crippen molar-refractivity contribution in [3.05, 3.63) is 0 Å². The molecule has 0 aliphatic rings. The van der Waals surface area contributed by atoms with Crippen LogP contribution >= 0.6 is 0 Å². The highest BCUT2D eigenvalue weighted by Gasteiger charge is 2.15. The molecule has 0 radical (unpaired) electrons. The van der Waals surface area contributed by atoms with Gasteiger partial charge < -0.3 is 15.3 Å². The fourth-order valence-corrected chi connectivity index (χ4v) is 1.19. The summed E-state index contributed by atoms with van der Waals surface area (Å²) < 4.78 is 0. The van der Waals surface area contributed by atoms with Crippen molar-refractivity contribution in [1.82, 2.24) is 10.2 Å². The highest BCUT2D eigenvalue weighted by molar-refractivity contribution is 4.73. The van der Waals surface area contributed by atoms with Gasteiger partial charge in [-0.1, -0.05) is 6.92 Å². The zero-order chi connectivity index (χ0) is 11.9. The molecule has 0 saturated heterocycles. The standard InChI is InChI=1S/C12H28N2O/c1-6-12(4,15)10-13-8-7-9-14(5)11(2)3/h11,13,15H,6-10H2,1-5H3. The van der Waals surface area contributed by atoms with Crippen LogP contribution in [-0.2, 0) is 0 Å². The molecule has 15 heavy (non-hydrogen) atoms. The van der Waals surface area contributed by atoms with E-state index in [0.29, 0.717) is 12.6 Å². The van der Waals surface area contributed by atoms with Crippen LogP contribution in [0.15, 0.2) is 0 Å². The van der Waals surface area contributed by atoms with E-state index in [1.807, 2.05) is 13.8 Å². The minimum atomic E-state index is -0.552. The molecule has 3 nitrogen and oxygen atoms in total. The summed E-state index contributed by atoms with van der Waals surface area (Å²) in [5.74, 6) is 0. The van der Waals surface area contributed by atoms with E-state index < -0.39 is 5.60 Å². The summed E-state index contributed by atoms with van der Waals surface area (Å²) in [6.45, 7) is 11.1. The molecule has 0 aromatic heterocycles. The Balaban J connectivity index is 3.40. The van der Waals surface area contributed by atoms with Crippen molar-refractivity contribution in [2.24, 2.45) is 0 Å². The van der Waals surface area contributed by atoms with E-state index in [2.05, 4.69) is 31.1 Å². The molecule has 0 amide bonds. The van der Waals surface area contributed by atoms with Gasteiger partial charge in [0.15, 0.2) is 0 Å². The number of hydrogen-bond acceptors (Lipinski definition) is 3. The molecule has 0 rings (SSSR count). The third-order valence-electron chi connectivity index (χ3n) is 3.01. The lowest BCUT2D eigenvalue weighted by Gasteiger charge is -2.23. The monoisotopic (exact) mass is 216 g/mol. The van der Waals surface area contributed by atoms with Gasteiger partial charge in [-0.3, -0.25) is 0 Å². The van der Waals surface area contributed by atoms with Gasteiger partial charge in [-0.15, -0.1) is 0 Å². The molecular weight excluding hydrogens is 188 g/mol. The first kappa shape index (κ1) is 14.9. The quantitative estimate of drug-likeness (QED) is 0.603. The molecule has 0 bridgehead atoms. The largest absolute Gasteiger partial charge is 0.389 e. The molecule has 1 atom stereocenters. The molecule has 0 fully saturated rings. The Labute approximate surface area is 94.9 Å². The van der Waals surface area contributed by atoms with Crippen LogP contribution in [0.25, 0.3) is 0 Å². The Bertz CT molecular complexity index is 158. The van der Waals surface area contributed by atoms with Gasteiger partial charge in [0.1, 0.15) is 0 Å². The summed E-state index contributed by atoms with van der Waals surface area (Å²) in [5.41, 5.74) is -0.552. The summed E-state index contributed by atoms with van der Waals surface area (Å²) in [4.78, 5) is 2.33. The highest BCUT2D eigenvalue weighted by Crippen LogP contribution is 2.05. The fourth-order valence-electron chi connectivity index (χ4n) is 1.19. The van der Waals surface area contributed by atoms with E-state index >= 15 is 0 Å². The number of hydrogen-bond donors (Lipinski definition) is 2.